The molecule has 0 N–H and O–H groups in total. The van der Waals surface area contributed by atoms with Crippen LogP contribution >= 0.6 is 7.80 Å². The Kier molecular flexibility index (Phi) is 7.82. The van der Waals surface area contributed by atoms with E-state index in [2.05, 4.69) is 24.3 Å². The number of aryl methyl sites for hydroxylation is 4. The Balaban J connectivity index is 1.77. The molecule has 0 spiro atoms. The average Bonchev–Trinajstić information content (AvgIpc) is 2.74. The third kappa shape index (κ3) is 5.58. The van der Waals surface area contributed by atoms with Crippen LogP contribution in [0.2, 0.25) is 0 Å². The highest BCUT2D eigenvalue weighted by molar-refractivity contribution is 7.64. The number of carbonyl (C=O) groups is 1. The van der Waals surface area contributed by atoms with Crippen LogP contribution in [-0.2, 0) is 11.0 Å². The quantitative estimate of drug-likeness (QED) is 0.267. The van der Waals surface area contributed by atoms with Crippen molar-refractivity contribution in [1.29, 1.82) is 0 Å². The van der Waals surface area contributed by atoms with E-state index in [1.165, 1.54) is 5.56 Å². The Morgan fingerprint density at radius 3 is 2.00 bits per heavy atom. The summed E-state index contributed by atoms with van der Waals surface area (Å²) in [7, 11) is -2.50. The minimum atomic E-state index is -2.50. The van der Waals surface area contributed by atoms with Gasteiger partial charge in [-0.3, -0.25) is 4.79 Å². The summed E-state index contributed by atoms with van der Waals surface area (Å²) >= 11 is 0. The van der Waals surface area contributed by atoms with E-state index in [-0.39, 0.29) is 11.2 Å². The largest absolute Gasteiger partial charge is 0.318 e. The molecule has 2 nitrogen and oxygen atoms in total. The normalized spacial score (nSPS) is 13.0. The summed E-state index contributed by atoms with van der Waals surface area (Å²) in [4.78, 5) is 13.3. The Morgan fingerprint density at radius 1 is 0.833 bits per heavy atom. The Morgan fingerprint density at radius 2 is 1.40 bits per heavy atom. The van der Waals surface area contributed by atoms with Crippen LogP contribution in [0.15, 0.2) is 72.8 Å². The van der Waals surface area contributed by atoms with E-state index >= 15 is 0 Å². The van der Waals surface area contributed by atoms with Crippen molar-refractivity contribution in [3.05, 3.63) is 106 Å². The first kappa shape index (κ1) is 22.2. The van der Waals surface area contributed by atoms with Crippen molar-refractivity contribution in [1.82, 2.24) is 0 Å². The van der Waals surface area contributed by atoms with Gasteiger partial charge in [0.15, 0.2) is 7.80 Å². The highest BCUT2D eigenvalue weighted by atomic mass is 31.1. The summed E-state index contributed by atoms with van der Waals surface area (Å²) < 4.78 is 13.5. The SMILES string of the molecule is Cc1cc(C)c(C(=O)[PH](=O)C(CCCCc2ccccc2)c2ccccc2)c(C)c1. The molecule has 0 radical (unpaired) electrons. The number of benzene rings is 3. The van der Waals surface area contributed by atoms with E-state index in [1.807, 2.05) is 69.3 Å². The van der Waals surface area contributed by atoms with Gasteiger partial charge in [-0.2, -0.15) is 0 Å². The first-order chi connectivity index (χ1) is 14.5. The molecule has 3 aromatic carbocycles. The molecule has 0 amide bonds. The van der Waals surface area contributed by atoms with Gasteiger partial charge in [-0.1, -0.05) is 84.8 Å². The molecular formula is C27H31O2P. The lowest BCUT2D eigenvalue weighted by molar-refractivity contribution is 0.107. The Hall–Kier alpha value is -2.44. The van der Waals surface area contributed by atoms with Gasteiger partial charge in [-0.15, -0.1) is 0 Å². The predicted octanol–water partition coefficient (Wildman–Crippen LogP) is 7.47. The highest BCUT2D eigenvalue weighted by Gasteiger charge is 2.27. The third-order valence-corrected chi connectivity index (χ3v) is 7.65. The molecule has 3 heteroatoms. The van der Waals surface area contributed by atoms with Crippen LogP contribution in [0, 0.1) is 20.8 Å². The predicted molar refractivity (Wildman–Crippen MR) is 127 cm³/mol. The van der Waals surface area contributed by atoms with E-state index in [4.69, 9.17) is 0 Å². The van der Waals surface area contributed by atoms with E-state index < -0.39 is 7.80 Å². The van der Waals surface area contributed by atoms with Crippen LogP contribution < -0.4 is 0 Å². The van der Waals surface area contributed by atoms with Gasteiger partial charge < -0.3 is 4.57 Å². The second-order valence-electron chi connectivity index (χ2n) is 8.16. The van der Waals surface area contributed by atoms with Crippen LogP contribution in [-0.4, -0.2) is 5.52 Å². The second-order valence-corrected chi connectivity index (χ2v) is 10.0. The zero-order valence-corrected chi connectivity index (χ0v) is 19.2. The molecule has 3 aromatic rings. The average molecular weight is 419 g/mol. The number of hydrogen-bond acceptors (Lipinski definition) is 2. The molecule has 3 rings (SSSR count). The van der Waals surface area contributed by atoms with Gasteiger partial charge in [0.25, 0.3) is 0 Å². The summed E-state index contributed by atoms with van der Waals surface area (Å²) in [5.41, 5.74) is 5.57. The first-order valence-electron chi connectivity index (χ1n) is 10.7. The maximum atomic E-state index is 13.5. The Bertz CT molecular complexity index is 987. The molecule has 0 aliphatic carbocycles. The smallest absolute Gasteiger partial charge is 0.219 e. The van der Waals surface area contributed by atoms with Crippen LogP contribution in [0.4, 0.5) is 0 Å². The molecule has 0 saturated carbocycles. The van der Waals surface area contributed by atoms with E-state index in [0.717, 1.165) is 47.9 Å². The van der Waals surface area contributed by atoms with Crippen molar-refractivity contribution in [2.45, 2.75) is 52.1 Å². The Labute approximate surface area is 181 Å². The van der Waals surface area contributed by atoms with Gasteiger partial charge in [0, 0.05) is 11.2 Å². The van der Waals surface area contributed by atoms with E-state index in [0.29, 0.717) is 5.56 Å². The maximum absolute atomic E-state index is 13.5. The summed E-state index contributed by atoms with van der Waals surface area (Å²) in [6.07, 6.45) is 3.75. The van der Waals surface area contributed by atoms with Gasteiger partial charge in [0.2, 0.25) is 5.52 Å². The zero-order valence-electron chi connectivity index (χ0n) is 18.2. The minimum absolute atomic E-state index is 0.174. The number of carbonyl (C=O) groups excluding carboxylic acids is 1. The fourth-order valence-electron chi connectivity index (χ4n) is 4.28. The molecule has 0 aromatic heterocycles. The van der Waals surface area contributed by atoms with Crippen molar-refractivity contribution in [3.63, 3.8) is 0 Å². The standard InChI is InChI=1S/C27H31O2P/c1-20-18-21(2)26(22(3)19-20)27(28)30(29)25(24-15-8-5-9-16-24)17-11-10-14-23-12-6-4-7-13-23/h4-9,12-13,15-16,18-19,25,30H,10-11,14,17H2,1-3H3. The molecule has 2 unspecified atom stereocenters. The van der Waals surface area contributed by atoms with E-state index in [1.54, 1.807) is 0 Å². The van der Waals surface area contributed by atoms with Crippen molar-refractivity contribution >= 4 is 13.3 Å². The molecule has 0 aliphatic rings. The summed E-state index contributed by atoms with van der Waals surface area (Å²) in [6.45, 7) is 5.91. The molecule has 156 valence electrons. The fraction of sp³-hybridized carbons (Fsp3) is 0.296. The zero-order chi connectivity index (χ0) is 21.5. The van der Waals surface area contributed by atoms with Gasteiger partial charge in [-0.25, -0.2) is 0 Å². The molecular weight excluding hydrogens is 387 g/mol. The molecule has 0 fully saturated rings. The summed E-state index contributed by atoms with van der Waals surface area (Å²) in [5.74, 6) is 0. The van der Waals surface area contributed by atoms with Gasteiger partial charge in [0.1, 0.15) is 0 Å². The lowest BCUT2D eigenvalue weighted by Crippen LogP contribution is -2.06. The van der Waals surface area contributed by atoms with Crippen LogP contribution in [0.3, 0.4) is 0 Å². The molecule has 2 atom stereocenters. The minimum Gasteiger partial charge on any atom is -0.318 e. The van der Waals surface area contributed by atoms with Crippen LogP contribution in [0.25, 0.3) is 0 Å². The molecule has 0 bridgehead atoms. The van der Waals surface area contributed by atoms with Crippen molar-refractivity contribution < 1.29 is 9.36 Å². The highest BCUT2D eigenvalue weighted by Crippen LogP contribution is 2.47. The summed E-state index contributed by atoms with van der Waals surface area (Å²) in [5, 5.41) is 0. The van der Waals surface area contributed by atoms with Gasteiger partial charge in [-0.05, 0) is 62.3 Å². The van der Waals surface area contributed by atoms with Crippen molar-refractivity contribution in [3.8, 4) is 0 Å². The molecule has 0 aliphatic heterocycles. The maximum Gasteiger partial charge on any atom is 0.219 e. The third-order valence-electron chi connectivity index (χ3n) is 5.70. The van der Waals surface area contributed by atoms with E-state index in [9.17, 15) is 9.36 Å². The second kappa shape index (κ2) is 10.5. The van der Waals surface area contributed by atoms with Gasteiger partial charge >= 0.3 is 0 Å². The molecule has 30 heavy (non-hydrogen) atoms. The first-order valence-corrected chi connectivity index (χ1v) is 12.2. The van der Waals surface area contributed by atoms with Crippen molar-refractivity contribution in [2.75, 3.05) is 0 Å². The molecule has 0 heterocycles. The van der Waals surface area contributed by atoms with Crippen molar-refractivity contribution in [2.24, 2.45) is 0 Å². The number of rotatable bonds is 9. The molecule has 0 saturated heterocycles. The number of hydrogen-bond donors (Lipinski definition) is 0. The van der Waals surface area contributed by atoms with Gasteiger partial charge in [0.05, 0.1) is 0 Å². The topological polar surface area (TPSA) is 34.1 Å². The lowest BCUT2D eigenvalue weighted by Gasteiger charge is -2.18. The fourth-order valence-corrected chi connectivity index (χ4v) is 6.20. The van der Waals surface area contributed by atoms with Crippen LogP contribution in [0.5, 0.6) is 0 Å². The van der Waals surface area contributed by atoms with Crippen LogP contribution in [0.1, 0.15) is 63.1 Å². The number of unbranched alkanes of at least 4 members (excludes halogenated alkanes) is 1. The monoisotopic (exact) mass is 418 g/mol. The summed E-state index contributed by atoms with van der Waals surface area (Å²) in [6, 6.07) is 24.4. The lowest BCUT2D eigenvalue weighted by atomic mass is 10.0.